The Kier molecular flexibility index (Phi) is 2.99. The van der Waals surface area contributed by atoms with Gasteiger partial charge in [-0.1, -0.05) is 39.7 Å². The molecular formula is C14H11BrClN3. The molecule has 0 fully saturated rings. The van der Waals surface area contributed by atoms with Crippen LogP contribution in [0.15, 0.2) is 40.9 Å². The van der Waals surface area contributed by atoms with Crippen LogP contribution < -0.4 is 5.73 Å². The molecule has 1 heterocycles. The van der Waals surface area contributed by atoms with E-state index >= 15 is 0 Å². The summed E-state index contributed by atoms with van der Waals surface area (Å²) in [5, 5.41) is 0.627. The fourth-order valence-electron chi connectivity index (χ4n) is 2.17. The second kappa shape index (κ2) is 4.54. The monoisotopic (exact) mass is 335 g/mol. The minimum Gasteiger partial charge on any atom is -0.369 e. The zero-order valence-electron chi connectivity index (χ0n) is 10.2. The van der Waals surface area contributed by atoms with Gasteiger partial charge in [-0.05, 0) is 36.8 Å². The first-order chi connectivity index (χ1) is 9.08. The molecule has 0 saturated carbocycles. The number of benzene rings is 2. The van der Waals surface area contributed by atoms with Crippen molar-refractivity contribution in [3.8, 4) is 5.69 Å². The number of anilines is 1. The van der Waals surface area contributed by atoms with Gasteiger partial charge in [0.15, 0.2) is 0 Å². The molecule has 2 aromatic carbocycles. The Hall–Kier alpha value is -1.52. The maximum atomic E-state index is 6.30. The first kappa shape index (κ1) is 12.5. The number of nitrogens with zero attached hydrogens (tertiary/aromatic N) is 2. The molecule has 3 rings (SSSR count). The molecular weight excluding hydrogens is 326 g/mol. The minimum atomic E-state index is 0.438. The van der Waals surface area contributed by atoms with Gasteiger partial charge < -0.3 is 5.73 Å². The summed E-state index contributed by atoms with van der Waals surface area (Å²) in [4.78, 5) is 4.42. The summed E-state index contributed by atoms with van der Waals surface area (Å²) < 4.78 is 2.80. The number of hydrogen-bond donors (Lipinski definition) is 1. The van der Waals surface area contributed by atoms with Crippen LogP contribution in [0.2, 0.25) is 5.02 Å². The second-order valence-electron chi connectivity index (χ2n) is 4.34. The molecule has 0 radical (unpaired) electrons. The molecule has 0 unspecified atom stereocenters. The van der Waals surface area contributed by atoms with Gasteiger partial charge in [0.25, 0.3) is 0 Å². The number of imidazole rings is 1. The molecule has 96 valence electrons. The van der Waals surface area contributed by atoms with Crippen LogP contribution in [0.4, 0.5) is 5.95 Å². The lowest BCUT2D eigenvalue weighted by Crippen LogP contribution is -2.01. The van der Waals surface area contributed by atoms with Crippen molar-refractivity contribution in [1.82, 2.24) is 9.55 Å². The number of aryl methyl sites for hydroxylation is 1. The summed E-state index contributed by atoms with van der Waals surface area (Å²) in [6, 6.07) is 11.7. The van der Waals surface area contributed by atoms with Crippen molar-refractivity contribution in [2.45, 2.75) is 6.92 Å². The average Bonchev–Trinajstić information content (AvgIpc) is 2.68. The predicted octanol–water partition coefficient (Wildman–Crippen LogP) is 4.33. The SMILES string of the molecule is Cc1cccc2c1nc(N)n2-c1ccc(Br)cc1Cl. The molecule has 2 N–H and O–H groups in total. The van der Waals surface area contributed by atoms with E-state index in [2.05, 4.69) is 20.9 Å². The molecule has 3 nitrogen and oxygen atoms in total. The lowest BCUT2D eigenvalue weighted by Gasteiger charge is -2.09. The van der Waals surface area contributed by atoms with Crippen LogP contribution in [0, 0.1) is 6.92 Å². The lowest BCUT2D eigenvalue weighted by atomic mass is 10.2. The number of rotatable bonds is 1. The number of aromatic nitrogens is 2. The molecule has 0 spiro atoms. The standard InChI is InChI=1S/C14H11BrClN3/c1-8-3-2-4-12-13(8)18-14(17)19(12)11-6-5-9(15)7-10(11)16/h2-7H,1H3,(H2,17,18). The maximum absolute atomic E-state index is 6.30. The Bertz CT molecular complexity index is 780. The first-order valence-corrected chi connectivity index (χ1v) is 6.94. The van der Waals surface area contributed by atoms with Crippen LogP contribution in [0.5, 0.6) is 0 Å². The zero-order chi connectivity index (χ0) is 13.6. The molecule has 19 heavy (non-hydrogen) atoms. The van der Waals surface area contributed by atoms with Crippen molar-refractivity contribution in [2.24, 2.45) is 0 Å². The summed E-state index contributed by atoms with van der Waals surface area (Å²) in [5.41, 5.74) is 9.83. The molecule has 0 aliphatic rings. The number of fused-ring (bicyclic) bond motifs is 1. The third-order valence-electron chi connectivity index (χ3n) is 3.06. The Morgan fingerprint density at radius 1 is 1.26 bits per heavy atom. The summed E-state index contributed by atoms with van der Waals surface area (Å²) in [5.74, 6) is 0.438. The van der Waals surface area contributed by atoms with Crippen LogP contribution in [0.1, 0.15) is 5.56 Å². The normalized spacial score (nSPS) is 11.1. The third-order valence-corrected chi connectivity index (χ3v) is 3.86. The average molecular weight is 337 g/mol. The molecule has 5 heteroatoms. The van der Waals surface area contributed by atoms with Crippen LogP contribution in [0.25, 0.3) is 16.7 Å². The Balaban J connectivity index is 2.36. The highest BCUT2D eigenvalue weighted by atomic mass is 79.9. The topological polar surface area (TPSA) is 43.8 Å². The molecule has 1 aromatic heterocycles. The second-order valence-corrected chi connectivity index (χ2v) is 5.67. The van der Waals surface area contributed by atoms with E-state index in [-0.39, 0.29) is 0 Å². The van der Waals surface area contributed by atoms with E-state index in [9.17, 15) is 0 Å². The number of nitrogen functional groups attached to an aromatic ring is 1. The van der Waals surface area contributed by atoms with Crippen molar-refractivity contribution >= 4 is 44.5 Å². The van der Waals surface area contributed by atoms with Gasteiger partial charge in [0.1, 0.15) is 0 Å². The quantitative estimate of drug-likeness (QED) is 0.718. The summed E-state index contributed by atoms with van der Waals surface area (Å²) in [6.45, 7) is 2.02. The summed E-state index contributed by atoms with van der Waals surface area (Å²) >= 11 is 9.70. The molecule has 0 amide bonds. The van der Waals surface area contributed by atoms with E-state index in [1.54, 1.807) is 0 Å². The highest BCUT2D eigenvalue weighted by Gasteiger charge is 2.13. The van der Waals surface area contributed by atoms with Gasteiger partial charge in [-0.25, -0.2) is 4.98 Å². The Labute approximate surface area is 124 Å². The van der Waals surface area contributed by atoms with Gasteiger partial charge in [0.2, 0.25) is 5.95 Å². The molecule has 0 saturated heterocycles. The first-order valence-electron chi connectivity index (χ1n) is 5.77. The van der Waals surface area contributed by atoms with Crippen LogP contribution in [0.3, 0.4) is 0 Å². The van der Waals surface area contributed by atoms with E-state index in [1.807, 2.05) is 47.9 Å². The van der Waals surface area contributed by atoms with Crippen molar-refractivity contribution in [3.05, 3.63) is 51.5 Å². The smallest absolute Gasteiger partial charge is 0.205 e. The van der Waals surface area contributed by atoms with Crippen molar-refractivity contribution in [1.29, 1.82) is 0 Å². The molecule has 0 bridgehead atoms. The van der Waals surface area contributed by atoms with Crippen molar-refractivity contribution < 1.29 is 0 Å². The number of hydrogen-bond acceptors (Lipinski definition) is 2. The van der Waals surface area contributed by atoms with E-state index in [4.69, 9.17) is 17.3 Å². The van der Waals surface area contributed by atoms with Crippen LogP contribution in [-0.4, -0.2) is 9.55 Å². The molecule has 3 aromatic rings. The van der Waals surface area contributed by atoms with Gasteiger partial charge in [0.05, 0.1) is 21.7 Å². The maximum Gasteiger partial charge on any atom is 0.205 e. The van der Waals surface area contributed by atoms with Gasteiger partial charge >= 0.3 is 0 Å². The Morgan fingerprint density at radius 2 is 2.05 bits per heavy atom. The summed E-state index contributed by atoms with van der Waals surface area (Å²) in [6.07, 6.45) is 0. The number of para-hydroxylation sites is 1. The fourth-order valence-corrected chi connectivity index (χ4v) is 2.93. The van der Waals surface area contributed by atoms with Gasteiger partial charge in [-0.2, -0.15) is 0 Å². The van der Waals surface area contributed by atoms with Gasteiger partial charge in [0, 0.05) is 4.47 Å². The third kappa shape index (κ3) is 2.01. The number of nitrogens with two attached hydrogens (primary N) is 1. The fraction of sp³-hybridized carbons (Fsp3) is 0.0714. The lowest BCUT2D eigenvalue weighted by molar-refractivity contribution is 1.11. The predicted molar refractivity (Wildman–Crippen MR) is 82.9 cm³/mol. The Morgan fingerprint density at radius 3 is 2.79 bits per heavy atom. The number of halogens is 2. The largest absolute Gasteiger partial charge is 0.369 e. The summed E-state index contributed by atoms with van der Waals surface area (Å²) in [7, 11) is 0. The van der Waals surface area contributed by atoms with Crippen LogP contribution >= 0.6 is 27.5 Å². The molecule has 0 atom stereocenters. The van der Waals surface area contributed by atoms with Gasteiger partial charge in [-0.15, -0.1) is 0 Å². The van der Waals surface area contributed by atoms with E-state index in [1.165, 1.54) is 0 Å². The van der Waals surface area contributed by atoms with Crippen LogP contribution in [-0.2, 0) is 0 Å². The molecule has 0 aliphatic carbocycles. The van der Waals surface area contributed by atoms with Crippen molar-refractivity contribution in [3.63, 3.8) is 0 Å². The van der Waals surface area contributed by atoms with Gasteiger partial charge in [-0.3, -0.25) is 4.57 Å². The molecule has 0 aliphatic heterocycles. The highest BCUT2D eigenvalue weighted by Crippen LogP contribution is 2.30. The zero-order valence-corrected chi connectivity index (χ0v) is 12.5. The van der Waals surface area contributed by atoms with Crippen molar-refractivity contribution in [2.75, 3.05) is 5.73 Å². The van der Waals surface area contributed by atoms with E-state index < -0.39 is 0 Å². The minimum absolute atomic E-state index is 0.438. The highest BCUT2D eigenvalue weighted by molar-refractivity contribution is 9.10. The van der Waals surface area contributed by atoms with E-state index in [0.717, 1.165) is 26.8 Å². The van der Waals surface area contributed by atoms with E-state index in [0.29, 0.717) is 11.0 Å².